The number of ether oxygens (including phenoxy) is 1. The first-order valence-electron chi connectivity index (χ1n) is 7.93. The molecular formula is C19H20N2O5. The number of anilines is 1. The van der Waals surface area contributed by atoms with Gasteiger partial charge in [0.2, 0.25) is 0 Å². The number of carbonyl (C=O) groups is 3. The summed E-state index contributed by atoms with van der Waals surface area (Å²) in [5.74, 6) is -1.34. The van der Waals surface area contributed by atoms with Gasteiger partial charge in [-0.3, -0.25) is 14.4 Å². The Morgan fingerprint density at radius 1 is 1.04 bits per heavy atom. The topological polar surface area (TPSA) is 95.9 Å². The molecule has 2 N–H and O–H groups in total. The van der Waals surface area contributed by atoms with Crippen molar-refractivity contribution < 1.29 is 24.2 Å². The number of benzene rings is 2. The molecule has 7 nitrogen and oxygen atoms in total. The Morgan fingerprint density at radius 3 is 2.23 bits per heavy atom. The first kappa shape index (κ1) is 19.0. The highest BCUT2D eigenvalue weighted by atomic mass is 16.5. The molecule has 0 heterocycles. The second kappa shape index (κ2) is 8.66. The third-order valence-electron chi connectivity index (χ3n) is 3.63. The molecule has 0 bridgehead atoms. The number of nitrogens with zero attached hydrogens (tertiary/aromatic N) is 1. The van der Waals surface area contributed by atoms with Crippen LogP contribution in [-0.2, 0) is 9.59 Å². The van der Waals surface area contributed by atoms with Crippen LogP contribution in [0.25, 0.3) is 0 Å². The first-order valence-corrected chi connectivity index (χ1v) is 7.93. The molecule has 26 heavy (non-hydrogen) atoms. The predicted octanol–water partition coefficient (Wildman–Crippen LogP) is 1.85. The van der Waals surface area contributed by atoms with E-state index in [0.29, 0.717) is 17.0 Å². The van der Waals surface area contributed by atoms with Crippen molar-refractivity contribution in [3.63, 3.8) is 0 Å². The van der Waals surface area contributed by atoms with Crippen LogP contribution in [0.15, 0.2) is 48.5 Å². The average molecular weight is 356 g/mol. The van der Waals surface area contributed by atoms with Gasteiger partial charge in [-0.05, 0) is 43.3 Å². The van der Waals surface area contributed by atoms with E-state index in [2.05, 4.69) is 5.32 Å². The Kier molecular flexibility index (Phi) is 6.32. The van der Waals surface area contributed by atoms with Crippen LogP contribution in [0, 0.1) is 6.92 Å². The summed E-state index contributed by atoms with van der Waals surface area (Å²) in [6, 6.07) is 14.0. The Balaban J connectivity index is 1.93. The number of rotatable bonds is 7. The number of carbonyl (C=O) groups excluding carboxylic acids is 2. The summed E-state index contributed by atoms with van der Waals surface area (Å²) in [6.07, 6.45) is 0. The van der Waals surface area contributed by atoms with E-state index in [9.17, 15) is 14.4 Å². The van der Waals surface area contributed by atoms with E-state index in [1.165, 1.54) is 4.90 Å². The quantitative estimate of drug-likeness (QED) is 0.789. The highest BCUT2D eigenvalue weighted by molar-refractivity contribution is 6.05. The molecule has 0 saturated carbocycles. The molecule has 0 aliphatic carbocycles. The summed E-state index contributed by atoms with van der Waals surface area (Å²) in [7, 11) is 1.68. The number of amides is 2. The number of hydrogen-bond donors (Lipinski definition) is 2. The lowest BCUT2D eigenvalue weighted by atomic mass is 10.1. The van der Waals surface area contributed by atoms with Crippen molar-refractivity contribution >= 4 is 23.5 Å². The minimum Gasteiger partial charge on any atom is -0.484 e. The fourth-order valence-corrected chi connectivity index (χ4v) is 2.15. The molecule has 0 atom stereocenters. The minimum absolute atomic E-state index is 0.133. The van der Waals surface area contributed by atoms with Crippen LogP contribution in [0.3, 0.4) is 0 Å². The van der Waals surface area contributed by atoms with Gasteiger partial charge in [-0.1, -0.05) is 17.7 Å². The molecule has 0 aromatic heterocycles. The van der Waals surface area contributed by atoms with Gasteiger partial charge in [0.1, 0.15) is 12.3 Å². The van der Waals surface area contributed by atoms with E-state index in [1.54, 1.807) is 43.4 Å². The Bertz CT molecular complexity index is 785. The van der Waals surface area contributed by atoms with Crippen LogP contribution < -0.4 is 15.0 Å². The van der Waals surface area contributed by atoms with E-state index in [4.69, 9.17) is 9.84 Å². The summed E-state index contributed by atoms with van der Waals surface area (Å²) in [5.41, 5.74) is 2.35. The molecule has 7 heteroatoms. The lowest BCUT2D eigenvalue weighted by Crippen LogP contribution is -2.33. The number of carboxylic acid groups (broad SMARTS) is 1. The number of aliphatic carboxylic acids is 1. The number of aryl methyl sites for hydroxylation is 1. The number of nitrogens with one attached hydrogen (secondary N) is 1. The number of hydrogen-bond acceptors (Lipinski definition) is 4. The van der Waals surface area contributed by atoms with Crippen LogP contribution in [0.4, 0.5) is 5.69 Å². The lowest BCUT2D eigenvalue weighted by Gasteiger charge is -2.18. The molecule has 2 rings (SSSR count). The summed E-state index contributed by atoms with van der Waals surface area (Å²) in [6.45, 7) is 1.22. The highest BCUT2D eigenvalue weighted by Crippen LogP contribution is 2.20. The van der Waals surface area contributed by atoms with Crippen molar-refractivity contribution in [2.24, 2.45) is 0 Å². The predicted molar refractivity (Wildman–Crippen MR) is 96.5 cm³/mol. The Labute approximate surface area is 151 Å². The van der Waals surface area contributed by atoms with Gasteiger partial charge < -0.3 is 20.1 Å². The molecule has 0 saturated heterocycles. The maximum atomic E-state index is 12.5. The van der Waals surface area contributed by atoms with E-state index in [0.717, 1.165) is 5.56 Å². The fraction of sp³-hybridized carbons (Fsp3) is 0.211. The van der Waals surface area contributed by atoms with Gasteiger partial charge in [-0.25, -0.2) is 0 Å². The van der Waals surface area contributed by atoms with Crippen molar-refractivity contribution in [2.75, 3.05) is 25.1 Å². The minimum atomic E-state index is -1.12. The zero-order valence-electron chi connectivity index (χ0n) is 14.6. The summed E-state index contributed by atoms with van der Waals surface area (Å²) < 4.78 is 5.28. The fourth-order valence-electron chi connectivity index (χ4n) is 2.15. The molecule has 0 radical (unpaired) electrons. The maximum Gasteiger partial charge on any atom is 0.322 e. The summed E-state index contributed by atoms with van der Waals surface area (Å²) in [5, 5.41) is 10.7. The molecule has 2 aromatic carbocycles. The molecule has 0 aliphatic heterocycles. The van der Waals surface area contributed by atoms with Gasteiger partial charge in [0.05, 0.1) is 0 Å². The van der Waals surface area contributed by atoms with Gasteiger partial charge in [0, 0.05) is 18.3 Å². The monoisotopic (exact) mass is 356 g/mol. The molecule has 2 aromatic rings. The Hall–Kier alpha value is -3.35. The van der Waals surface area contributed by atoms with E-state index in [1.807, 2.05) is 19.1 Å². The third-order valence-corrected chi connectivity index (χ3v) is 3.63. The van der Waals surface area contributed by atoms with Crippen LogP contribution in [-0.4, -0.2) is 43.1 Å². The van der Waals surface area contributed by atoms with Gasteiger partial charge >= 0.3 is 5.97 Å². The Morgan fingerprint density at radius 2 is 1.65 bits per heavy atom. The van der Waals surface area contributed by atoms with Crippen LogP contribution in [0.5, 0.6) is 5.75 Å². The second-order valence-electron chi connectivity index (χ2n) is 5.68. The molecule has 0 unspecified atom stereocenters. The van der Waals surface area contributed by atoms with Crippen molar-refractivity contribution in [3.8, 4) is 5.75 Å². The van der Waals surface area contributed by atoms with Gasteiger partial charge in [-0.2, -0.15) is 0 Å². The van der Waals surface area contributed by atoms with Crippen LogP contribution >= 0.6 is 0 Å². The maximum absolute atomic E-state index is 12.5. The van der Waals surface area contributed by atoms with Gasteiger partial charge in [0.25, 0.3) is 11.8 Å². The van der Waals surface area contributed by atoms with Crippen LogP contribution in [0.1, 0.15) is 15.9 Å². The lowest BCUT2D eigenvalue weighted by molar-refractivity contribution is -0.138. The van der Waals surface area contributed by atoms with E-state index in [-0.39, 0.29) is 12.5 Å². The molecule has 0 spiro atoms. The van der Waals surface area contributed by atoms with E-state index >= 15 is 0 Å². The normalized spacial score (nSPS) is 10.1. The molecule has 2 amide bonds. The van der Waals surface area contributed by atoms with Crippen molar-refractivity contribution in [2.45, 2.75) is 6.92 Å². The van der Waals surface area contributed by atoms with Crippen molar-refractivity contribution in [3.05, 3.63) is 59.7 Å². The van der Waals surface area contributed by atoms with Crippen LogP contribution in [0.2, 0.25) is 0 Å². The second-order valence-corrected chi connectivity index (χ2v) is 5.68. The number of carboxylic acids is 1. The van der Waals surface area contributed by atoms with Crippen molar-refractivity contribution in [1.82, 2.24) is 5.32 Å². The molecular weight excluding hydrogens is 336 g/mol. The third kappa shape index (κ3) is 5.34. The zero-order chi connectivity index (χ0) is 19.1. The largest absolute Gasteiger partial charge is 0.484 e. The average Bonchev–Trinajstić information content (AvgIpc) is 2.64. The van der Waals surface area contributed by atoms with Crippen molar-refractivity contribution in [1.29, 1.82) is 0 Å². The van der Waals surface area contributed by atoms with Gasteiger partial charge in [0.15, 0.2) is 6.61 Å². The molecule has 136 valence electrons. The summed E-state index contributed by atoms with van der Waals surface area (Å²) in [4.78, 5) is 35.8. The standard InChI is InChI=1S/C19H20N2O5/c1-13-3-5-14(6-4-13)19(25)21(2)15-7-9-16(10-8-15)26-12-17(22)20-11-18(23)24/h3-10H,11-12H2,1-2H3,(H,20,22)(H,23,24). The zero-order valence-corrected chi connectivity index (χ0v) is 14.6. The summed E-state index contributed by atoms with van der Waals surface area (Å²) >= 11 is 0. The first-order chi connectivity index (χ1) is 12.4. The SMILES string of the molecule is Cc1ccc(C(=O)N(C)c2ccc(OCC(=O)NCC(=O)O)cc2)cc1. The highest BCUT2D eigenvalue weighted by Gasteiger charge is 2.13. The smallest absolute Gasteiger partial charge is 0.322 e. The molecule has 0 aliphatic rings. The van der Waals surface area contributed by atoms with E-state index < -0.39 is 18.4 Å². The molecule has 0 fully saturated rings. The van der Waals surface area contributed by atoms with Gasteiger partial charge in [-0.15, -0.1) is 0 Å².